The molecule has 0 amide bonds. The van der Waals surface area contributed by atoms with Crippen LogP contribution in [-0.2, 0) is 9.53 Å². The molecule has 16 heavy (non-hydrogen) atoms. The maximum atomic E-state index is 12.3. The lowest BCUT2D eigenvalue weighted by Gasteiger charge is -2.28. The molecule has 2 unspecified atom stereocenters. The van der Waals surface area contributed by atoms with Gasteiger partial charge in [-0.25, -0.2) is 0 Å². The van der Waals surface area contributed by atoms with Gasteiger partial charge in [-0.1, -0.05) is 25.7 Å². The predicted molar refractivity (Wildman–Crippen MR) is 62.9 cm³/mol. The molecule has 1 saturated heterocycles. The van der Waals surface area contributed by atoms with Crippen LogP contribution in [0, 0.1) is 22.7 Å². The van der Waals surface area contributed by atoms with E-state index in [0.29, 0.717) is 0 Å². The van der Waals surface area contributed by atoms with Gasteiger partial charge in [-0.3, -0.25) is 4.79 Å². The minimum atomic E-state index is -0.755. The van der Waals surface area contributed by atoms with Gasteiger partial charge in [-0.2, -0.15) is 0 Å². The summed E-state index contributed by atoms with van der Waals surface area (Å²) in [6, 6.07) is 0. The van der Waals surface area contributed by atoms with Crippen molar-refractivity contribution in [1.82, 2.24) is 0 Å². The number of rotatable bonds is 0. The maximum absolute atomic E-state index is 12.3. The zero-order valence-corrected chi connectivity index (χ0v) is 10.8. The quantitative estimate of drug-likeness (QED) is 0.464. The molecule has 0 aromatic carbocycles. The van der Waals surface area contributed by atoms with Crippen LogP contribution >= 0.6 is 0 Å². The van der Waals surface area contributed by atoms with Crippen molar-refractivity contribution >= 4 is 5.78 Å². The molecule has 2 heteroatoms. The van der Waals surface area contributed by atoms with E-state index in [1.165, 1.54) is 0 Å². The number of carbonyl (C=O) groups excluding carboxylic acids is 1. The van der Waals surface area contributed by atoms with Crippen molar-refractivity contribution in [1.29, 1.82) is 0 Å². The second-order valence-corrected chi connectivity index (χ2v) is 6.59. The zero-order valence-electron chi connectivity index (χ0n) is 10.8. The summed E-state index contributed by atoms with van der Waals surface area (Å²) >= 11 is 0. The molecule has 2 rings (SSSR count). The molecule has 88 valence electrons. The number of carbonyl (C=O) groups is 1. The van der Waals surface area contributed by atoms with E-state index in [2.05, 4.69) is 11.8 Å². The van der Waals surface area contributed by atoms with Gasteiger partial charge in [0.1, 0.15) is 6.10 Å². The molecular formula is C14H20O2. The fraction of sp³-hybridized carbons (Fsp3) is 0.786. The molecule has 2 aliphatic rings. The summed E-state index contributed by atoms with van der Waals surface area (Å²) in [5.41, 5.74) is -1.11. The van der Waals surface area contributed by atoms with Gasteiger partial charge in [0, 0.05) is 10.8 Å². The van der Waals surface area contributed by atoms with Crippen LogP contribution in [0.1, 0.15) is 47.5 Å². The molecule has 0 spiro atoms. The SMILES string of the molecule is CC(C)(C)C#CC12OC1CCC(C)(C)C2=O. The molecule has 0 radical (unpaired) electrons. The first-order chi connectivity index (χ1) is 7.17. The summed E-state index contributed by atoms with van der Waals surface area (Å²) in [4.78, 5) is 12.3. The third kappa shape index (κ3) is 1.78. The average molecular weight is 220 g/mol. The topological polar surface area (TPSA) is 29.6 Å². The number of epoxide rings is 1. The van der Waals surface area contributed by atoms with Crippen molar-refractivity contribution in [2.45, 2.75) is 59.2 Å². The molecule has 1 aliphatic carbocycles. The van der Waals surface area contributed by atoms with E-state index >= 15 is 0 Å². The third-order valence-corrected chi connectivity index (χ3v) is 3.33. The summed E-state index contributed by atoms with van der Waals surface area (Å²) in [6.45, 7) is 10.1. The molecule has 0 N–H and O–H groups in total. The van der Waals surface area contributed by atoms with Gasteiger partial charge < -0.3 is 4.74 Å². The number of hydrogen-bond acceptors (Lipinski definition) is 2. The third-order valence-electron chi connectivity index (χ3n) is 3.33. The Morgan fingerprint density at radius 3 is 2.56 bits per heavy atom. The standard InChI is InChI=1S/C14H20O2/c1-12(2,3)8-9-14-10(16-14)6-7-13(4,5)11(14)15/h10H,6-7H2,1-5H3. The summed E-state index contributed by atoms with van der Waals surface area (Å²) in [5, 5.41) is 0. The summed E-state index contributed by atoms with van der Waals surface area (Å²) < 4.78 is 5.59. The van der Waals surface area contributed by atoms with E-state index in [9.17, 15) is 4.79 Å². The van der Waals surface area contributed by atoms with Gasteiger partial charge in [-0.15, -0.1) is 0 Å². The molecule has 0 aromatic rings. The van der Waals surface area contributed by atoms with Gasteiger partial charge >= 0.3 is 0 Å². The molecule has 0 bridgehead atoms. The molecule has 2 atom stereocenters. The lowest BCUT2D eigenvalue weighted by Crippen LogP contribution is -2.42. The van der Waals surface area contributed by atoms with Crippen LogP contribution in [0.5, 0.6) is 0 Å². The lowest BCUT2D eigenvalue weighted by molar-refractivity contribution is -0.131. The lowest BCUT2D eigenvalue weighted by atomic mass is 9.71. The molecule has 1 heterocycles. The Morgan fingerprint density at radius 1 is 1.38 bits per heavy atom. The monoisotopic (exact) mass is 220 g/mol. The minimum absolute atomic E-state index is 0.0582. The fourth-order valence-electron chi connectivity index (χ4n) is 2.21. The number of Topliss-reactive ketones (excluding diaryl/α,β-unsaturated/α-hetero) is 1. The number of hydrogen-bond donors (Lipinski definition) is 0. The van der Waals surface area contributed by atoms with Crippen molar-refractivity contribution in [2.24, 2.45) is 10.8 Å². The van der Waals surface area contributed by atoms with Crippen LogP contribution in [-0.4, -0.2) is 17.5 Å². The van der Waals surface area contributed by atoms with Crippen molar-refractivity contribution in [3.63, 3.8) is 0 Å². The van der Waals surface area contributed by atoms with Gasteiger partial charge in [0.2, 0.25) is 5.60 Å². The molecule has 2 nitrogen and oxygen atoms in total. The van der Waals surface area contributed by atoms with Crippen LogP contribution in [0.4, 0.5) is 0 Å². The second kappa shape index (κ2) is 3.11. The highest BCUT2D eigenvalue weighted by molar-refractivity contribution is 5.99. The zero-order chi connectivity index (χ0) is 12.2. The molecular weight excluding hydrogens is 200 g/mol. The summed E-state index contributed by atoms with van der Waals surface area (Å²) in [5.74, 6) is 6.42. The van der Waals surface area contributed by atoms with Crippen LogP contribution in [0.2, 0.25) is 0 Å². The fourth-order valence-corrected chi connectivity index (χ4v) is 2.21. The van der Waals surface area contributed by atoms with Gasteiger partial charge in [-0.05, 0) is 33.6 Å². The summed E-state index contributed by atoms with van der Waals surface area (Å²) in [6.07, 6.45) is 1.93. The first-order valence-electron chi connectivity index (χ1n) is 5.94. The first kappa shape index (κ1) is 11.7. The Hall–Kier alpha value is -0.810. The van der Waals surface area contributed by atoms with Crippen LogP contribution in [0.3, 0.4) is 0 Å². The van der Waals surface area contributed by atoms with Crippen LogP contribution < -0.4 is 0 Å². The van der Waals surface area contributed by atoms with Crippen LogP contribution in [0.25, 0.3) is 0 Å². The summed E-state index contributed by atoms with van der Waals surface area (Å²) in [7, 11) is 0. The van der Waals surface area contributed by atoms with Crippen molar-refractivity contribution in [3.8, 4) is 11.8 Å². The van der Waals surface area contributed by atoms with E-state index in [1.807, 2.05) is 34.6 Å². The normalized spacial score (nSPS) is 36.1. The average Bonchev–Trinajstić information content (AvgIpc) is 2.84. The Balaban J connectivity index is 2.27. The predicted octanol–water partition coefficient (Wildman–Crippen LogP) is 2.56. The van der Waals surface area contributed by atoms with Crippen molar-refractivity contribution < 1.29 is 9.53 Å². The number of fused-ring (bicyclic) bond motifs is 1. The van der Waals surface area contributed by atoms with E-state index in [4.69, 9.17) is 4.74 Å². The highest BCUT2D eigenvalue weighted by atomic mass is 16.6. The Bertz CT molecular complexity index is 389. The van der Waals surface area contributed by atoms with Gasteiger partial charge in [0.15, 0.2) is 5.78 Å². The van der Waals surface area contributed by atoms with Crippen LogP contribution in [0.15, 0.2) is 0 Å². The van der Waals surface area contributed by atoms with E-state index in [0.717, 1.165) is 12.8 Å². The van der Waals surface area contributed by atoms with E-state index in [1.54, 1.807) is 0 Å². The van der Waals surface area contributed by atoms with E-state index in [-0.39, 0.29) is 22.7 Å². The van der Waals surface area contributed by atoms with Crippen molar-refractivity contribution in [3.05, 3.63) is 0 Å². The largest absolute Gasteiger partial charge is 0.345 e. The molecule has 0 aromatic heterocycles. The minimum Gasteiger partial charge on any atom is -0.345 e. The van der Waals surface area contributed by atoms with Crippen molar-refractivity contribution in [2.75, 3.05) is 0 Å². The smallest absolute Gasteiger partial charge is 0.214 e. The highest BCUT2D eigenvalue weighted by Crippen LogP contribution is 2.51. The molecule has 1 saturated carbocycles. The van der Waals surface area contributed by atoms with E-state index < -0.39 is 5.60 Å². The Kier molecular flexibility index (Phi) is 2.27. The first-order valence-corrected chi connectivity index (χ1v) is 5.94. The molecule has 2 fully saturated rings. The maximum Gasteiger partial charge on any atom is 0.214 e. The number of ether oxygens (including phenoxy) is 1. The molecule has 1 aliphatic heterocycles. The highest BCUT2D eigenvalue weighted by Gasteiger charge is 2.67. The van der Waals surface area contributed by atoms with Gasteiger partial charge in [0.05, 0.1) is 0 Å². The second-order valence-electron chi connectivity index (χ2n) is 6.59. The Labute approximate surface area is 97.7 Å². The Morgan fingerprint density at radius 2 is 2.00 bits per heavy atom. The number of ketones is 1. The van der Waals surface area contributed by atoms with Gasteiger partial charge in [0.25, 0.3) is 0 Å².